The normalized spacial score (nSPS) is 16.6. The topological polar surface area (TPSA) is 82.2 Å². The maximum atomic E-state index is 11.9. The van der Waals surface area contributed by atoms with E-state index in [1.54, 1.807) is 18.2 Å². The highest BCUT2D eigenvalue weighted by atomic mass is 16.1. The van der Waals surface area contributed by atoms with Gasteiger partial charge in [-0.2, -0.15) is 5.26 Å². The van der Waals surface area contributed by atoms with E-state index in [2.05, 4.69) is 16.3 Å². The highest BCUT2D eigenvalue weighted by Crippen LogP contribution is 2.14. The predicted molar refractivity (Wildman–Crippen MR) is 78.1 cm³/mol. The molecule has 0 radical (unpaired) electrons. The molecule has 1 aromatic carbocycles. The third kappa shape index (κ3) is 4.05. The Balaban J connectivity index is 1.80. The van der Waals surface area contributed by atoms with Crippen molar-refractivity contribution >= 4 is 11.6 Å². The summed E-state index contributed by atoms with van der Waals surface area (Å²) < 4.78 is 0. The average molecular weight is 272 g/mol. The molecule has 3 N–H and O–H groups in total. The molecule has 1 saturated heterocycles. The van der Waals surface area contributed by atoms with Gasteiger partial charge >= 0.3 is 0 Å². The molecular formula is C15H20N4O. The van der Waals surface area contributed by atoms with Gasteiger partial charge in [0.05, 0.1) is 11.3 Å². The number of hydrogen-bond donors (Lipinski definition) is 2. The van der Waals surface area contributed by atoms with Crippen molar-refractivity contribution in [3.63, 3.8) is 0 Å². The minimum atomic E-state index is -0.0532. The van der Waals surface area contributed by atoms with E-state index in [1.165, 1.54) is 0 Å². The number of nitrogens with one attached hydrogen (secondary N) is 1. The van der Waals surface area contributed by atoms with Gasteiger partial charge in [-0.1, -0.05) is 12.1 Å². The fraction of sp³-hybridized carbons (Fsp3) is 0.467. The van der Waals surface area contributed by atoms with Gasteiger partial charge < -0.3 is 16.0 Å². The Morgan fingerprint density at radius 3 is 2.80 bits per heavy atom. The zero-order chi connectivity index (χ0) is 14.4. The van der Waals surface area contributed by atoms with Gasteiger partial charge in [-0.15, -0.1) is 0 Å². The van der Waals surface area contributed by atoms with Crippen molar-refractivity contribution in [2.45, 2.75) is 25.3 Å². The van der Waals surface area contributed by atoms with E-state index in [0.29, 0.717) is 23.7 Å². The van der Waals surface area contributed by atoms with Crippen LogP contribution in [0.4, 0.5) is 5.69 Å². The van der Waals surface area contributed by atoms with Crippen LogP contribution < -0.4 is 11.1 Å². The van der Waals surface area contributed by atoms with Gasteiger partial charge in [-0.05, 0) is 38.1 Å². The Kier molecular flexibility index (Phi) is 5.10. The Bertz CT molecular complexity index is 501. The second-order valence-electron chi connectivity index (χ2n) is 5.13. The second-order valence-corrected chi connectivity index (χ2v) is 5.13. The van der Waals surface area contributed by atoms with Crippen LogP contribution in [0.1, 0.15) is 24.8 Å². The summed E-state index contributed by atoms with van der Waals surface area (Å²) in [5.41, 5.74) is 6.92. The van der Waals surface area contributed by atoms with Gasteiger partial charge in [0, 0.05) is 19.0 Å². The molecule has 2 rings (SSSR count). The van der Waals surface area contributed by atoms with Crippen molar-refractivity contribution < 1.29 is 4.79 Å². The Labute approximate surface area is 119 Å². The molecule has 0 bridgehead atoms. The lowest BCUT2D eigenvalue weighted by Gasteiger charge is -2.29. The molecule has 1 aromatic rings. The lowest BCUT2D eigenvalue weighted by atomic mass is 10.1. The molecule has 0 unspecified atom stereocenters. The first-order valence-corrected chi connectivity index (χ1v) is 6.96. The summed E-state index contributed by atoms with van der Waals surface area (Å²) in [5.74, 6) is -0.0532. The van der Waals surface area contributed by atoms with E-state index in [4.69, 9.17) is 11.0 Å². The fourth-order valence-electron chi connectivity index (χ4n) is 2.34. The average Bonchev–Trinajstić information content (AvgIpc) is 2.47. The minimum Gasteiger partial charge on any atom is -0.328 e. The molecule has 0 aromatic heterocycles. The van der Waals surface area contributed by atoms with Gasteiger partial charge in [-0.3, -0.25) is 4.79 Å². The number of anilines is 1. The number of carbonyl (C=O) groups excluding carboxylic acids is 1. The zero-order valence-electron chi connectivity index (χ0n) is 11.5. The van der Waals surface area contributed by atoms with E-state index in [9.17, 15) is 4.79 Å². The van der Waals surface area contributed by atoms with Crippen LogP contribution in [0.25, 0.3) is 0 Å². The van der Waals surface area contributed by atoms with Crippen LogP contribution in [-0.4, -0.2) is 36.5 Å². The van der Waals surface area contributed by atoms with Gasteiger partial charge in [0.1, 0.15) is 6.07 Å². The third-order valence-corrected chi connectivity index (χ3v) is 3.61. The van der Waals surface area contributed by atoms with Crippen LogP contribution in [0.15, 0.2) is 24.3 Å². The monoisotopic (exact) mass is 272 g/mol. The number of benzene rings is 1. The molecule has 0 atom stereocenters. The lowest BCUT2D eigenvalue weighted by Crippen LogP contribution is -2.40. The standard InChI is InChI=1S/C15H20N4O/c16-11-12-3-1-2-4-14(12)18-15(20)7-10-19-8-5-13(17)6-9-19/h1-4,13H,5-10,17H2,(H,18,20). The summed E-state index contributed by atoms with van der Waals surface area (Å²) in [6.45, 7) is 2.67. The summed E-state index contributed by atoms with van der Waals surface area (Å²) in [6.07, 6.45) is 2.44. The largest absolute Gasteiger partial charge is 0.328 e. The number of hydrogen-bond acceptors (Lipinski definition) is 4. The SMILES string of the molecule is N#Cc1ccccc1NC(=O)CCN1CCC(N)CC1. The highest BCUT2D eigenvalue weighted by Gasteiger charge is 2.16. The zero-order valence-corrected chi connectivity index (χ0v) is 11.5. The Morgan fingerprint density at radius 2 is 2.10 bits per heavy atom. The van der Waals surface area contributed by atoms with Crippen molar-refractivity contribution in [2.24, 2.45) is 5.73 Å². The van der Waals surface area contributed by atoms with E-state index in [1.807, 2.05) is 6.07 Å². The first-order valence-electron chi connectivity index (χ1n) is 6.96. The Morgan fingerprint density at radius 1 is 1.40 bits per heavy atom. The maximum absolute atomic E-state index is 11.9. The molecule has 0 saturated carbocycles. The van der Waals surface area contributed by atoms with E-state index in [0.717, 1.165) is 32.5 Å². The number of rotatable bonds is 4. The summed E-state index contributed by atoms with van der Waals surface area (Å²) in [5, 5.41) is 11.8. The lowest BCUT2D eigenvalue weighted by molar-refractivity contribution is -0.116. The number of piperidine rings is 1. The van der Waals surface area contributed by atoms with E-state index in [-0.39, 0.29) is 5.91 Å². The molecule has 106 valence electrons. The minimum absolute atomic E-state index is 0.0532. The van der Waals surface area contributed by atoms with E-state index < -0.39 is 0 Å². The molecule has 0 spiro atoms. The van der Waals surface area contributed by atoms with Crippen LogP contribution in [0.2, 0.25) is 0 Å². The summed E-state index contributed by atoms with van der Waals surface area (Å²) >= 11 is 0. The number of nitrogens with zero attached hydrogens (tertiary/aromatic N) is 2. The molecule has 1 amide bonds. The van der Waals surface area contributed by atoms with Crippen molar-refractivity contribution in [3.8, 4) is 6.07 Å². The number of carbonyl (C=O) groups is 1. The smallest absolute Gasteiger partial charge is 0.225 e. The first-order chi connectivity index (χ1) is 9.69. The molecule has 0 aliphatic carbocycles. The quantitative estimate of drug-likeness (QED) is 0.865. The molecule has 1 fully saturated rings. The Hall–Kier alpha value is -1.90. The summed E-state index contributed by atoms with van der Waals surface area (Å²) in [7, 11) is 0. The molecule has 1 aliphatic rings. The number of para-hydroxylation sites is 1. The molecule has 5 nitrogen and oxygen atoms in total. The molecule has 1 aliphatic heterocycles. The first kappa shape index (κ1) is 14.5. The van der Waals surface area contributed by atoms with Crippen LogP contribution in [0, 0.1) is 11.3 Å². The number of nitriles is 1. The second kappa shape index (κ2) is 7.04. The van der Waals surface area contributed by atoms with Gasteiger partial charge in [0.2, 0.25) is 5.91 Å². The fourth-order valence-corrected chi connectivity index (χ4v) is 2.34. The molecule has 20 heavy (non-hydrogen) atoms. The number of likely N-dealkylation sites (tertiary alicyclic amines) is 1. The van der Waals surface area contributed by atoms with Gasteiger partial charge in [0.25, 0.3) is 0 Å². The highest BCUT2D eigenvalue weighted by molar-refractivity contribution is 5.92. The maximum Gasteiger partial charge on any atom is 0.225 e. The molecular weight excluding hydrogens is 252 g/mol. The van der Waals surface area contributed by atoms with Crippen molar-refractivity contribution in [1.29, 1.82) is 5.26 Å². The van der Waals surface area contributed by atoms with E-state index >= 15 is 0 Å². The molecule has 5 heteroatoms. The van der Waals surface area contributed by atoms with Crippen molar-refractivity contribution in [1.82, 2.24) is 4.90 Å². The van der Waals surface area contributed by atoms with Gasteiger partial charge in [0.15, 0.2) is 0 Å². The number of amides is 1. The van der Waals surface area contributed by atoms with Crippen LogP contribution in [0.5, 0.6) is 0 Å². The molecule has 1 heterocycles. The summed E-state index contributed by atoms with van der Waals surface area (Å²) in [4.78, 5) is 14.2. The third-order valence-electron chi connectivity index (χ3n) is 3.61. The van der Waals surface area contributed by atoms with Gasteiger partial charge in [-0.25, -0.2) is 0 Å². The van der Waals surface area contributed by atoms with Crippen LogP contribution in [0.3, 0.4) is 0 Å². The van der Waals surface area contributed by atoms with Crippen molar-refractivity contribution in [3.05, 3.63) is 29.8 Å². The van der Waals surface area contributed by atoms with Crippen molar-refractivity contribution in [2.75, 3.05) is 25.0 Å². The van der Waals surface area contributed by atoms with Crippen LogP contribution >= 0.6 is 0 Å². The predicted octanol–water partition coefficient (Wildman–Crippen LogP) is 1.31. The summed E-state index contributed by atoms with van der Waals surface area (Å²) in [6, 6.07) is 9.41. The van der Waals surface area contributed by atoms with Crippen LogP contribution in [-0.2, 0) is 4.79 Å². The number of nitrogens with two attached hydrogens (primary N) is 1.